The second kappa shape index (κ2) is 11.5. The van der Waals surface area contributed by atoms with Crippen LogP contribution in [0.15, 0.2) is 49.1 Å². The Morgan fingerprint density at radius 1 is 1.17 bits per heavy atom. The molecule has 0 aliphatic rings. The van der Waals surface area contributed by atoms with Crippen LogP contribution in [0.3, 0.4) is 0 Å². The SMILES string of the molecule is CC(CNCCCNc1cccc(C#N)c1O)c1cnn(C)c1.Cn1cccn1. The topological polar surface area (TPSA) is 104 Å². The number of phenols is 1. The van der Waals surface area contributed by atoms with Gasteiger partial charge in [0.2, 0.25) is 0 Å². The number of hydrogen-bond donors (Lipinski definition) is 3. The van der Waals surface area contributed by atoms with E-state index in [-0.39, 0.29) is 5.75 Å². The third kappa shape index (κ3) is 7.31. The highest BCUT2D eigenvalue weighted by Gasteiger charge is 2.07. The number of anilines is 1. The molecule has 0 fully saturated rings. The Bertz CT molecular complexity index is 896. The van der Waals surface area contributed by atoms with E-state index in [4.69, 9.17) is 5.26 Å². The van der Waals surface area contributed by atoms with Crippen LogP contribution in [-0.4, -0.2) is 44.3 Å². The standard InChI is InChI=1S/C17H23N5O.C4H6N2/c1-13(15-11-21-22(2)12-15)10-19-7-4-8-20-16-6-3-5-14(9-18)17(16)23;1-6-4-2-3-5-6/h3,5-6,11-13,19-20,23H,4,7-8,10H2,1-2H3;2-4H,1H3. The zero-order valence-corrected chi connectivity index (χ0v) is 17.2. The van der Waals surface area contributed by atoms with Crippen molar-refractivity contribution < 1.29 is 5.11 Å². The van der Waals surface area contributed by atoms with Gasteiger partial charge < -0.3 is 15.7 Å². The van der Waals surface area contributed by atoms with Crippen LogP contribution in [0.25, 0.3) is 0 Å². The minimum absolute atomic E-state index is 0.0214. The van der Waals surface area contributed by atoms with Crippen molar-refractivity contribution in [3.63, 3.8) is 0 Å². The molecule has 3 N–H and O–H groups in total. The largest absolute Gasteiger partial charge is 0.504 e. The zero-order chi connectivity index (χ0) is 21.1. The van der Waals surface area contributed by atoms with Crippen molar-refractivity contribution in [2.24, 2.45) is 14.1 Å². The van der Waals surface area contributed by atoms with Crippen molar-refractivity contribution in [3.8, 4) is 11.8 Å². The van der Waals surface area contributed by atoms with Crippen LogP contribution in [0.5, 0.6) is 5.75 Å². The molecule has 2 aromatic heterocycles. The van der Waals surface area contributed by atoms with E-state index in [9.17, 15) is 5.11 Å². The summed E-state index contributed by atoms with van der Waals surface area (Å²) in [5, 5.41) is 33.4. The van der Waals surface area contributed by atoms with Gasteiger partial charge in [-0.1, -0.05) is 13.0 Å². The van der Waals surface area contributed by atoms with E-state index in [1.807, 2.05) is 49.5 Å². The lowest BCUT2D eigenvalue weighted by atomic mass is 10.1. The fourth-order valence-corrected chi connectivity index (χ4v) is 2.69. The summed E-state index contributed by atoms with van der Waals surface area (Å²) >= 11 is 0. The number of nitrogens with one attached hydrogen (secondary N) is 2. The van der Waals surface area contributed by atoms with E-state index in [1.54, 1.807) is 29.1 Å². The van der Waals surface area contributed by atoms with Gasteiger partial charge in [-0.25, -0.2) is 0 Å². The van der Waals surface area contributed by atoms with Crippen molar-refractivity contribution in [1.82, 2.24) is 24.9 Å². The maximum absolute atomic E-state index is 9.88. The van der Waals surface area contributed by atoms with Crippen LogP contribution in [0, 0.1) is 11.3 Å². The number of nitrogens with zero attached hydrogens (tertiary/aromatic N) is 5. The van der Waals surface area contributed by atoms with E-state index in [1.165, 1.54) is 5.56 Å². The maximum Gasteiger partial charge on any atom is 0.156 e. The zero-order valence-electron chi connectivity index (χ0n) is 17.2. The number of aromatic nitrogens is 4. The molecule has 0 spiro atoms. The van der Waals surface area contributed by atoms with Crippen molar-refractivity contribution in [1.29, 1.82) is 5.26 Å². The van der Waals surface area contributed by atoms with Crippen molar-refractivity contribution in [2.45, 2.75) is 19.3 Å². The van der Waals surface area contributed by atoms with Crippen LogP contribution in [-0.2, 0) is 14.1 Å². The van der Waals surface area contributed by atoms with Gasteiger partial charge in [-0.05, 0) is 42.6 Å². The molecule has 8 heteroatoms. The first-order chi connectivity index (χ1) is 14.0. The lowest BCUT2D eigenvalue weighted by Gasteiger charge is -2.12. The molecule has 0 aliphatic heterocycles. The number of nitriles is 1. The number of para-hydroxylation sites is 1. The molecule has 0 aliphatic carbocycles. The van der Waals surface area contributed by atoms with Gasteiger partial charge in [0.05, 0.1) is 17.4 Å². The normalized spacial score (nSPS) is 11.2. The molecule has 3 rings (SSSR count). The molecule has 0 amide bonds. The predicted octanol–water partition coefficient (Wildman–Crippen LogP) is 2.61. The van der Waals surface area contributed by atoms with Gasteiger partial charge in [-0.2, -0.15) is 15.5 Å². The third-order valence-corrected chi connectivity index (χ3v) is 4.38. The molecule has 1 aromatic carbocycles. The summed E-state index contributed by atoms with van der Waals surface area (Å²) in [6.45, 7) is 4.70. The first-order valence-corrected chi connectivity index (χ1v) is 9.60. The average Bonchev–Trinajstić information content (AvgIpc) is 3.37. The first-order valence-electron chi connectivity index (χ1n) is 9.60. The van der Waals surface area contributed by atoms with Crippen molar-refractivity contribution >= 4 is 5.69 Å². The van der Waals surface area contributed by atoms with E-state index in [2.05, 4.69) is 27.8 Å². The molecule has 3 aromatic rings. The molecule has 154 valence electrons. The van der Waals surface area contributed by atoms with Crippen molar-refractivity contribution in [3.05, 3.63) is 60.2 Å². The van der Waals surface area contributed by atoms with Crippen LogP contribution in [0.1, 0.15) is 30.4 Å². The Kier molecular flexibility index (Phi) is 8.73. The van der Waals surface area contributed by atoms with Crippen LogP contribution < -0.4 is 10.6 Å². The Morgan fingerprint density at radius 3 is 2.59 bits per heavy atom. The van der Waals surface area contributed by atoms with Gasteiger partial charge in [0, 0.05) is 45.8 Å². The summed E-state index contributed by atoms with van der Waals surface area (Å²) in [6.07, 6.45) is 8.51. The van der Waals surface area contributed by atoms with Crippen LogP contribution in [0.4, 0.5) is 5.69 Å². The van der Waals surface area contributed by atoms with E-state index in [0.717, 1.165) is 26.1 Å². The summed E-state index contributed by atoms with van der Waals surface area (Å²) in [5.41, 5.74) is 2.13. The molecule has 0 bridgehead atoms. The number of aryl methyl sites for hydroxylation is 2. The highest BCUT2D eigenvalue weighted by Crippen LogP contribution is 2.26. The van der Waals surface area contributed by atoms with Gasteiger partial charge in [0.25, 0.3) is 0 Å². The molecule has 0 saturated carbocycles. The van der Waals surface area contributed by atoms with Gasteiger partial charge in [-0.3, -0.25) is 9.36 Å². The first kappa shape index (κ1) is 22.0. The second-order valence-electron chi connectivity index (χ2n) is 6.83. The lowest BCUT2D eigenvalue weighted by molar-refractivity contribution is 0.475. The molecule has 1 atom stereocenters. The van der Waals surface area contributed by atoms with E-state index < -0.39 is 0 Å². The van der Waals surface area contributed by atoms with Crippen LogP contribution >= 0.6 is 0 Å². The molecule has 0 saturated heterocycles. The Morgan fingerprint density at radius 2 is 2.00 bits per heavy atom. The average molecular weight is 396 g/mol. The summed E-state index contributed by atoms with van der Waals surface area (Å²) in [7, 11) is 3.81. The summed E-state index contributed by atoms with van der Waals surface area (Å²) < 4.78 is 3.57. The Labute approximate surface area is 171 Å². The van der Waals surface area contributed by atoms with E-state index in [0.29, 0.717) is 17.2 Å². The molecule has 1 unspecified atom stereocenters. The molecular weight excluding hydrogens is 366 g/mol. The summed E-state index contributed by atoms with van der Waals surface area (Å²) in [4.78, 5) is 0. The monoisotopic (exact) mass is 395 g/mol. The third-order valence-electron chi connectivity index (χ3n) is 4.38. The Hall–Kier alpha value is -3.31. The Balaban J connectivity index is 0.000000426. The predicted molar refractivity (Wildman–Crippen MR) is 114 cm³/mol. The number of hydrogen-bond acceptors (Lipinski definition) is 6. The summed E-state index contributed by atoms with van der Waals surface area (Å²) in [5.74, 6) is 0.446. The number of phenolic OH excluding ortho intramolecular Hbond substituents is 1. The fraction of sp³-hybridized carbons (Fsp3) is 0.381. The van der Waals surface area contributed by atoms with Gasteiger partial charge >= 0.3 is 0 Å². The minimum atomic E-state index is 0.0214. The number of aromatic hydroxyl groups is 1. The molecule has 2 heterocycles. The van der Waals surface area contributed by atoms with Gasteiger partial charge in [0.15, 0.2) is 5.75 Å². The lowest BCUT2D eigenvalue weighted by Crippen LogP contribution is -2.22. The van der Waals surface area contributed by atoms with E-state index >= 15 is 0 Å². The highest BCUT2D eigenvalue weighted by molar-refractivity contribution is 5.62. The van der Waals surface area contributed by atoms with Crippen molar-refractivity contribution in [2.75, 3.05) is 25.0 Å². The molecule has 29 heavy (non-hydrogen) atoms. The summed E-state index contributed by atoms with van der Waals surface area (Å²) in [6, 6.07) is 8.99. The molecule has 0 radical (unpaired) electrons. The smallest absolute Gasteiger partial charge is 0.156 e. The number of benzene rings is 1. The van der Waals surface area contributed by atoms with Crippen LogP contribution in [0.2, 0.25) is 0 Å². The molecule has 8 nitrogen and oxygen atoms in total. The fourth-order valence-electron chi connectivity index (χ4n) is 2.69. The number of rotatable bonds is 8. The van der Waals surface area contributed by atoms with Gasteiger partial charge in [0.1, 0.15) is 6.07 Å². The second-order valence-corrected chi connectivity index (χ2v) is 6.83. The maximum atomic E-state index is 9.88. The molecular formula is C21H29N7O. The highest BCUT2D eigenvalue weighted by atomic mass is 16.3. The van der Waals surface area contributed by atoms with Gasteiger partial charge in [-0.15, -0.1) is 0 Å². The minimum Gasteiger partial charge on any atom is -0.504 e. The quantitative estimate of drug-likeness (QED) is 0.400.